The van der Waals surface area contributed by atoms with Crippen LogP contribution >= 0.6 is 11.8 Å². The Kier molecular flexibility index (Phi) is 7.22. The summed E-state index contributed by atoms with van der Waals surface area (Å²) in [6.45, 7) is -0.557. The van der Waals surface area contributed by atoms with Crippen molar-refractivity contribution in [1.29, 1.82) is 0 Å². The molecule has 1 saturated carbocycles. The molecular weight excluding hydrogens is 395 g/mol. The summed E-state index contributed by atoms with van der Waals surface area (Å²) < 4.78 is 19.6. The molecule has 0 unspecified atom stereocenters. The number of nitrogens with zero attached hydrogens (tertiary/aromatic N) is 1. The number of Topliss-reactive ketones (excluding diaryl/α,β-unsaturated/α-hetero) is 1. The van der Waals surface area contributed by atoms with Crippen LogP contribution < -0.4 is 10.1 Å². The van der Waals surface area contributed by atoms with Crippen LogP contribution in [-0.4, -0.2) is 40.7 Å². The van der Waals surface area contributed by atoms with Crippen molar-refractivity contribution in [1.82, 2.24) is 10.3 Å². The predicted octanol–water partition coefficient (Wildman–Crippen LogP) is 3.58. The Hall–Kier alpha value is -2.45. The summed E-state index contributed by atoms with van der Waals surface area (Å²) in [4.78, 5) is 29.8. The zero-order valence-electron chi connectivity index (χ0n) is 16.1. The molecule has 1 aliphatic rings. The zero-order valence-corrected chi connectivity index (χ0v) is 16.9. The number of hydrogen-bond donors (Lipinski definition) is 2. The zero-order chi connectivity index (χ0) is 20.8. The minimum absolute atomic E-state index is 0.0111. The Balaban J connectivity index is 1.82. The largest absolute Gasteiger partial charge is 0.438 e. The van der Waals surface area contributed by atoms with Gasteiger partial charge in [0.05, 0.1) is 6.20 Å². The van der Waals surface area contributed by atoms with Crippen LogP contribution in [0.15, 0.2) is 41.4 Å². The fourth-order valence-electron chi connectivity index (χ4n) is 3.50. The van der Waals surface area contributed by atoms with E-state index in [1.807, 2.05) is 18.4 Å². The first-order valence-corrected chi connectivity index (χ1v) is 10.7. The Labute approximate surface area is 172 Å². The minimum atomic E-state index is -0.660. The lowest BCUT2D eigenvalue weighted by molar-refractivity contribution is -0.127. The highest BCUT2D eigenvalue weighted by Gasteiger charge is 2.32. The summed E-state index contributed by atoms with van der Waals surface area (Å²) in [5.41, 5.74) is -0.0414. The summed E-state index contributed by atoms with van der Waals surface area (Å²) in [5, 5.41) is 12.0. The van der Waals surface area contributed by atoms with Gasteiger partial charge >= 0.3 is 0 Å². The van der Waals surface area contributed by atoms with E-state index in [0.717, 1.165) is 30.0 Å². The topological polar surface area (TPSA) is 88.5 Å². The lowest BCUT2D eigenvalue weighted by Gasteiger charge is -2.30. The first-order chi connectivity index (χ1) is 14.0. The molecule has 29 heavy (non-hydrogen) atoms. The fourth-order valence-corrected chi connectivity index (χ4v) is 3.95. The molecule has 1 aromatic carbocycles. The SMILES string of the molecule is CSc1cccc(Oc2ncc(F)cc2C(=O)N[C@@H]2CCCC[C@@H]2C(=O)CO)c1. The van der Waals surface area contributed by atoms with E-state index in [2.05, 4.69) is 10.3 Å². The molecule has 1 heterocycles. The van der Waals surface area contributed by atoms with Gasteiger partial charge in [-0.05, 0) is 43.4 Å². The molecule has 1 aromatic heterocycles. The number of benzene rings is 1. The number of nitrogens with one attached hydrogen (secondary N) is 1. The number of hydrogen-bond acceptors (Lipinski definition) is 6. The molecule has 0 aliphatic heterocycles. The smallest absolute Gasteiger partial charge is 0.257 e. The third-order valence-electron chi connectivity index (χ3n) is 4.97. The number of aromatic nitrogens is 1. The molecule has 8 heteroatoms. The van der Waals surface area contributed by atoms with Crippen LogP contribution in [0.25, 0.3) is 0 Å². The minimum Gasteiger partial charge on any atom is -0.438 e. The maximum Gasteiger partial charge on any atom is 0.257 e. The van der Waals surface area contributed by atoms with Crippen molar-refractivity contribution in [3.8, 4) is 11.6 Å². The number of carbonyl (C=O) groups is 2. The molecule has 0 radical (unpaired) electrons. The Morgan fingerprint density at radius 2 is 2.10 bits per heavy atom. The number of carbonyl (C=O) groups excluding carboxylic acids is 2. The molecule has 0 bridgehead atoms. The van der Waals surface area contributed by atoms with Crippen LogP contribution in [0.5, 0.6) is 11.6 Å². The first-order valence-electron chi connectivity index (χ1n) is 9.43. The first kappa shape index (κ1) is 21.3. The molecule has 2 aromatic rings. The van der Waals surface area contributed by atoms with Crippen molar-refractivity contribution in [2.75, 3.05) is 12.9 Å². The number of aliphatic hydroxyl groups is 1. The molecule has 0 saturated heterocycles. The maximum atomic E-state index is 13.8. The molecule has 1 fully saturated rings. The number of ketones is 1. The van der Waals surface area contributed by atoms with Gasteiger partial charge in [-0.2, -0.15) is 0 Å². The van der Waals surface area contributed by atoms with E-state index < -0.39 is 30.3 Å². The monoisotopic (exact) mass is 418 g/mol. The maximum absolute atomic E-state index is 13.8. The summed E-state index contributed by atoms with van der Waals surface area (Å²) in [6, 6.07) is 7.92. The van der Waals surface area contributed by atoms with Crippen molar-refractivity contribution < 1.29 is 23.8 Å². The molecular formula is C21H23FN2O4S. The molecule has 2 atom stereocenters. The summed E-state index contributed by atoms with van der Waals surface area (Å²) in [7, 11) is 0. The molecule has 2 N–H and O–H groups in total. The van der Waals surface area contributed by atoms with Crippen molar-refractivity contribution >= 4 is 23.5 Å². The van der Waals surface area contributed by atoms with Crippen LogP contribution in [0.2, 0.25) is 0 Å². The third-order valence-corrected chi connectivity index (χ3v) is 5.70. The fraction of sp³-hybridized carbons (Fsp3) is 0.381. The lowest BCUT2D eigenvalue weighted by Crippen LogP contribution is -2.45. The highest BCUT2D eigenvalue weighted by Crippen LogP contribution is 2.29. The van der Waals surface area contributed by atoms with E-state index >= 15 is 0 Å². The van der Waals surface area contributed by atoms with Crippen molar-refractivity contribution in [2.24, 2.45) is 5.92 Å². The normalized spacial score (nSPS) is 18.9. The number of ether oxygens (including phenoxy) is 1. The van der Waals surface area contributed by atoms with E-state index in [9.17, 15) is 19.1 Å². The molecule has 3 rings (SSSR count). The second-order valence-electron chi connectivity index (χ2n) is 6.88. The van der Waals surface area contributed by atoms with E-state index in [4.69, 9.17) is 4.74 Å². The van der Waals surface area contributed by atoms with Crippen LogP contribution in [0, 0.1) is 11.7 Å². The van der Waals surface area contributed by atoms with Crippen LogP contribution in [-0.2, 0) is 4.79 Å². The van der Waals surface area contributed by atoms with E-state index in [0.29, 0.717) is 18.6 Å². The molecule has 1 aliphatic carbocycles. The number of rotatable bonds is 7. The highest BCUT2D eigenvalue weighted by atomic mass is 32.2. The standard InChI is InChI=1S/C21H23FN2O4S/c1-29-15-6-4-5-14(10-15)28-21-17(9-13(22)11-23-21)20(27)24-18-8-3-2-7-16(18)19(26)12-25/h4-6,9-11,16,18,25H,2-3,7-8,12H2,1H3,(H,24,27)/t16-,18+/m0/s1. The molecule has 0 spiro atoms. The van der Waals surface area contributed by atoms with Crippen LogP contribution in [0.4, 0.5) is 4.39 Å². The van der Waals surface area contributed by atoms with Gasteiger partial charge in [-0.15, -0.1) is 11.8 Å². The van der Waals surface area contributed by atoms with Gasteiger partial charge in [0.25, 0.3) is 5.91 Å². The number of amides is 1. The van der Waals surface area contributed by atoms with E-state index in [1.165, 1.54) is 0 Å². The van der Waals surface area contributed by atoms with Gasteiger partial charge in [0.2, 0.25) is 5.88 Å². The number of aliphatic hydroxyl groups excluding tert-OH is 1. The number of thioether (sulfide) groups is 1. The number of halogens is 1. The van der Waals surface area contributed by atoms with E-state index in [1.54, 1.807) is 23.9 Å². The highest BCUT2D eigenvalue weighted by molar-refractivity contribution is 7.98. The van der Waals surface area contributed by atoms with Gasteiger partial charge in [0.15, 0.2) is 5.78 Å². The Morgan fingerprint density at radius 1 is 1.31 bits per heavy atom. The van der Waals surface area contributed by atoms with Gasteiger partial charge in [0.1, 0.15) is 23.7 Å². The molecule has 154 valence electrons. The number of pyridine rings is 1. The Morgan fingerprint density at radius 3 is 2.86 bits per heavy atom. The predicted molar refractivity (Wildman–Crippen MR) is 108 cm³/mol. The summed E-state index contributed by atoms with van der Waals surface area (Å²) in [5.74, 6) is -1.48. The quantitative estimate of drug-likeness (QED) is 0.668. The average Bonchev–Trinajstić information content (AvgIpc) is 2.75. The van der Waals surface area contributed by atoms with Crippen LogP contribution in [0.3, 0.4) is 0 Å². The average molecular weight is 418 g/mol. The second-order valence-corrected chi connectivity index (χ2v) is 7.76. The second kappa shape index (κ2) is 9.84. The van der Waals surface area contributed by atoms with Gasteiger partial charge in [0, 0.05) is 16.9 Å². The van der Waals surface area contributed by atoms with Crippen LogP contribution in [0.1, 0.15) is 36.0 Å². The van der Waals surface area contributed by atoms with Gasteiger partial charge in [-0.1, -0.05) is 18.9 Å². The van der Waals surface area contributed by atoms with Crippen molar-refractivity contribution in [3.05, 3.63) is 47.9 Å². The molecule has 1 amide bonds. The van der Waals surface area contributed by atoms with Gasteiger partial charge in [-0.3, -0.25) is 9.59 Å². The van der Waals surface area contributed by atoms with Gasteiger partial charge in [-0.25, -0.2) is 9.37 Å². The molecule has 6 nitrogen and oxygen atoms in total. The van der Waals surface area contributed by atoms with Crippen molar-refractivity contribution in [2.45, 2.75) is 36.6 Å². The summed E-state index contributed by atoms with van der Waals surface area (Å²) >= 11 is 1.54. The van der Waals surface area contributed by atoms with E-state index in [-0.39, 0.29) is 17.2 Å². The van der Waals surface area contributed by atoms with Crippen molar-refractivity contribution in [3.63, 3.8) is 0 Å². The van der Waals surface area contributed by atoms with Gasteiger partial charge < -0.3 is 15.2 Å². The summed E-state index contributed by atoms with van der Waals surface area (Å²) in [6.07, 6.45) is 5.88. The lowest BCUT2D eigenvalue weighted by atomic mass is 9.82. The third kappa shape index (κ3) is 5.33. The Bertz CT molecular complexity index is 893.